The molecule has 1 unspecified atom stereocenters. The van der Waals surface area contributed by atoms with Crippen LogP contribution in [-0.2, 0) is 28.4 Å². The third kappa shape index (κ3) is 7.77. The molecule has 51 heavy (non-hydrogen) atoms. The number of nitrogens with zero attached hydrogens (tertiary/aromatic N) is 5. The Morgan fingerprint density at radius 2 is 1.80 bits per heavy atom. The minimum atomic E-state index is -0.854. The van der Waals surface area contributed by atoms with Crippen LogP contribution in [0.5, 0.6) is 17.2 Å². The van der Waals surface area contributed by atoms with Gasteiger partial charge in [0.2, 0.25) is 5.91 Å². The highest BCUT2D eigenvalue weighted by Crippen LogP contribution is 2.38. The van der Waals surface area contributed by atoms with Crippen LogP contribution < -0.4 is 24.8 Å². The Hall–Kier alpha value is -5.58. The van der Waals surface area contributed by atoms with Gasteiger partial charge < -0.3 is 43.6 Å². The third-order valence-corrected chi connectivity index (χ3v) is 9.48. The van der Waals surface area contributed by atoms with Gasteiger partial charge in [0.1, 0.15) is 17.1 Å². The van der Waals surface area contributed by atoms with Crippen LogP contribution >= 0.6 is 11.8 Å². The lowest BCUT2D eigenvalue weighted by atomic mass is 10.1. The van der Waals surface area contributed by atoms with Crippen molar-refractivity contribution in [3.63, 3.8) is 0 Å². The lowest BCUT2D eigenvalue weighted by Gasteiger charge is -2.20. The summed E-state index contributed by atoms with van der Waals surface area (Å²) in [6.45, 7) is 0.912. The molecular formula is C34H37N7O9S. The van der Waals surface area contributed by atoms with E-state index in [0.717, 1.165) is 12.8 Å². The van der Waals surface area contributed by atoms with Crippen LogP contribution in [0.2, 0.25) is 0 Å². The van der Waals surface area contributed by atoms with Crippen molar-refractivity contribution in [1.82, 2.24) is 19.4 Å². The number of hydrogen-bond acceptors (Lipinski definition) is 12. The second-order valence-electron chi connectivity index (χ2n) is 12.0. The van der Waals surface area contributed by atoms with Gasteiger partial charge in [-0.2, -0.15) is 0 Å². The number of thioether (sulfide) groups is 1. The summed E-state index contributed by atoms with van der Waals surface area (Å²) in [5.74, 6) is -0.744. The molecule has 16 nitrogen and oxygen atoms in total. The van der Waals surface area contributed by atoms with Crippen molar-refractivity contribution in [2.75, 3.05) is 38.4 Å². The smallest absolute Gasteiger partial charge is 0.354 e. The van der Waals surface area contributed by atoms with Crippen LogP contribution in [-0.4, -0.2) is 100 Å². The summed E-state index contributed by atoms with van der Waals surface area (Å²) in [6, 6.07) is 5.42. The molecule has 2 aromatic heterocycles. The van der Waals surface area contributed by atoms with Gasteiger partial charge in [-0.25, -0.2) is 14.6 Å². The van der Waals surface area contributed by atoms with E-state index in [-0.39, 0.29) is 58.9 Å². The second kappa shape index (κ2) is 15.1. The molecule has 3 aliphatic rings. The zero-order valence-corrected chi connectivity index (χ0v) is 29.3. The molecule has 0 saturated carbocycles. The number of aryl methyl sites for hydroxylation is 2. The number of amides is 3. The topological polar surface area (TPSA) is 184 Å². The number of aromatic nitrogens is 2. The van der Waals surface area contributed by atoms with E-state index < -0.39 is 23.9 Å². The van der Waals surface area contributed by atoms with Crippen molar-refractivity contribution >= 4 is 64.2 Å². The molecule has 1 aromatic carbocycles. The van der Waals surface area contributed by atoms with Crippen molar-refractivity contribution in [3.05, 3.63) is 53.6 Å². The number of amidine groups is 1. The molecule has 1 fully saturated rings. The van der Waals surface area contributed by atoms with E-state index in [1.807, 2.05) is 11.1 Å². The standard InChI is InChI=1S/C34H37N7O9S/c1-39-16-19(11-25(39)30(43)38-34-37-24(18-51-34)32(45)50-21-12-26(33(46)48-4)40(2)17-21)36-29(42)8-6-10-49-28-14-23-22(13-27(28)47-3)31(44)41-9-5-7-20(41)15-35-23/h11-17,20,24H,5-10,18H2,1-4H3,(H,36,42)(H,37,38,43)/t20-,24?/m0/s1. The maximum absolute atomic E-state index is 13.1. The molecule has 17 heteroatoms. The van der Waals surface area contributed by atoms with Crippen molar-refractivity contribution in [2.45, 2.75) is 37.8 Å². The summed E-state index contributed by atoms with van der Waals surface area (Å²) in [6.07, 6.45) is 7.28. The molecule has 2 N–H and O–H groups in total. The summed E-state index contributed by atoms with van der Waals surface area (Å²) in [4.78, 5) is 74.0. The number of methoxy groups -OCH3 is 2. The molecule has 2 atom stereocenters. The first-order valence-electron chi connectivity index (χ1n) is 16.2. The monoisotopic (exact) mass is 719 g/mol. The largest absolute Gasteiger partial charge is 0.493 e. The highest BCUT2D eigenvalue weighted by atomic mass is 32.2. The minimum Gasteiger partial charge on any atom is -0.493 e. The van der Waals surface area contributed by atoms with Crippen molar-refractivity contribution in [1.29, 1.82) is 0 Å². The number of aliphatic imine (C=N–C) groups is 2. The number of esters is 2. The maximum atomic E-state index is 13.1. The molecule has 3 aliphatic heterocycles. The summed E-state index contributed by atoms with van der Waals surface area (Å²) >= 11 is 1.19. The number of carbonyl (C=O) groups excluding carboxylic acids is 5. The first-order chi connectivity index (χ1) is 24.5. The van der Waals surface area contributed by atoms with E-state index in [1.54, 1.807) is 37.0 Å². The number of hydrogen-bond donors (Lipinski definition) is 2. The van der Waals surface area contributed by atoms with E-state index in [2.05, 4.69) is 20.6 Å². The number of nitrogens with one attached hydrogen (secondary N) is 2. The molecule has 0 spiro atoms. The van der Waals surface area contributed by atoms with Gasteiger partial charge >= 0.3 is 11.9 Å². The fourth-order valence-corrected chi connectivity index (χ4v) is 6.82. The van der Waals surface area contributed by atoms with Crippen molar-refractivity contribution < 1.29 is 42.9 Å². The average Bonchev–Trinajstić information content (AvgIpc) is 3.91. The highest BCUT2D eigenvalue weighted by molar-refractivity contribution is 8.14. The fraction of sp³-hybridized carbons (Fsp3) is 0.382. The van der Waals surface area contributed by atoms with Gasteiger partial charge in [0.05, 0.1) is 43.8 Å². The number of fused-ring (bicyclic) bond motifs is 2. The number of carbonyl (C=O) groups is 5. The predicted molar refractivity (Wildman–Crippen MR) is 188 cm³/mol. The Balaban J connectivity index is 0.976. The molecule has 5 heterocycles. The minimum absolute atomic E-state index is 0.00678. The molecular weight excluding hydrogens is 682 g/mol. The lowest BCUT2D eigenvalue weighted by molar-refractivity contribution is -0.135. The van der Waals surface area contributed by atoms with E-state index in [4.69, 9.17) is 18.9 Å². The molecule has 0 radical (unpaired) electrons. The zero-order valence-electron chi connectivity index (χ0n) is 28.5. The first-order valence-corrected chi connectivity index (χ1v) is 17.2. The number of benzene rings is 1. The van der Waals surface area contributed by atoms with E-state index in [9.17, 15) is 24.0 Å². The molecule has 6 rings (SSSR count). The van der Waals surface area contributed by atoms with E-state index >= 15 is 0 Å². The van der Waals surface area contributed by atoms with Gasteiger partial charge in [0.25, 0.3) is 11.8 Å². The Morgan fingerprint density at radius 1 is 1.00 bits per heavy atom. The van der Waals surface area contributed by atoms with Gasteiger partial charge in [-0.05, 0) is 31.4 Å². The van der Waals surface area contributed by atoms with Crippen LogP contribution in [0, 0.1) is 0 Å². The summed E-state index contributed by atoms with van der Waals surface area (Å²) in [7, 11) is 6.05. The average molecular weight is 720 g/mol. The lowest BCUT2D eigenvalue weighted by Crippen LogP contribution is -2.35. The van der Waals surface area contributed by atoms with Crippen LogP contribution in [0.25, 0.3) is 0 Å². The highest BCUT2D eigenvalue weighted by Gasteiger charge is 2.33. The number of ether oxygens (including phenoxy) is 4. The van der Waals surface area contributed by atoms with Crippen LogP contribution in [0.15, 0.2) is 46.6 Å². The Bertz CT molecular complexity index is 1950. The molecule has 1 saturated heterocycles. The number of anilines is 1. The second-order valence-corrected chi connectivity index (χ2v) is 13.0. The van der Waals surface area contributed by atoms with Crippen molar-refractivity contribution in [2.24, 2.45) is 24.1 Å². The van der Waals surface area contributed by atoms with Crippen LogP contribution in [0.1, 0.15) is 57.0 Å². The third-order valence-electron chi connectivity index (χ3n) is 8.52. The molecule has 268 valence electrons. The summed E-state index contributed by atoms with van der Waals surface area (Å²) in [5, 5.41) is 5.75. The van der Waals surface area contributed by atoms with Gasteiger partial charge in [0.15, 0.2) is 22.7 Å². The van der Waals surface area contributed by atoms with Gasteiger partial charge in [-0.1, -0.05) is 11.8 Å². The van der Waals surface area contributed by atoms with E-state index in [1.165, 1.54) is 48.9 Å². The van der Waals surface area contributed by atoms with Crippen molar-refractivity contribution in [3.8, 4) is 17.2 Å². The summed E-state index contributed by atoms with van der Waals surface area (Å²) in [5.41, 5.74) is 1.90. The Morgan fingerprint density at radius 3 is 2.59 bits per heavy atom. The van der Waals surface area contributed by atoms with Crippen LogP contribution in [0.3, 0.4) is 0 Å². The van der Waals surface area contributed by atoms with Gasteiger partial charge in [-0.15, -0.1) is 0 Å². The predicted octanol–water partition coefficient (Wildman–Crippen LogP) is 3.08. The maximum Gasteiger partial charge on any atom is 0.354 e. The number of rotatable bonds is 11. The first kappa shape index (κ1) is 35.3. The molecule has 3 amide bonds. The normalized spacial score (nSPS) is 17.6. The van der Waals surface area contributed by atoms with Gasteiger partial charge in [0, 0.05) is 63.6 Å². The Kier molecular flexibility index (Phi) is 10.5. The molecule has 3 aromatic rings. The molecule has 0 aliphatic carbocycles. The fourth-order valence-electron chi connectivity index (χ4n) is 5.92. The zero-order chi connectivity index (χ0) is 36.2. The SMILES string of the molecule is COC(=O)c1cc(OC(=O)C2CSC(NC(=O)c3cc(NC(=O)CCCOc4cc5c(cc4OC)C(=O)N4CCC[C@H]4C=N5)cn3C)=N2)cn1C. The van der Waals surface area contributed by atoms with E-state index in [0.29, 0.717) is 41.4 Å². The molecule has 0 bridgehead atoms. The van der Waals surface area contributed by atoms with Gasteiger partial charge in [-0.3, -0.25) is 19.4 Å². The summed E-state index contributed by atoms with van der Waals surface area (Å²) < 4.78 is 24.6. The quantitative estimate of drug-likeness (QED) is 0.221. The van der Waals surface area contributed by atoms with Crippen LogP contribution in [0.4, 0.5) is 11.4 Å². The Labute approximate surface area is 297 Å².